The summed E-state index contributed by atoms with van der Waals surface area (Å²) < 4.78 is 0. The predicted molar refractivity (Wildman–Crippen MR) is 79.3 cm³/mol. The van der Waals surface area contributed by atoms with E-state index < -0.39 is 0 Å². The first-order valence-electron chi connectivity index (χ1n) is 7.50. The maximum Gasteiger partial charge on any atom is 0.0471 e. The van der Waals surface area contributed by atoms with Gasteiger partial charge >= 0.3 is 0 Å². The van der Waals surface area contributed by atoms with Gasteiger partial charge in [-0.25, -0.2) is 0 Å². The Morgan fingerprint density at radius 2 is 1.74 bits per heavy atom. The fraction of sp³-hybridized carbons (Fsp3) is 0.625. The number of piperazine rings is 1. The number of hydrogen-bond acceptors (Lipinski definition) is 3. The van der Waals surface area contributed by atoms with Crippen molar-refractivity contribution in [2.75, 3.05) is 39.8 Å². The zero-order valence-electron chi connectivity index (χ0n) is 11.9. The lowest BCUT2D eigenvalue weighted by molar-refractivity contribution is 0.114. The van der Waals surface area contributed by atoms with Gasteiger partial charge in [-0.1, -0.05) is 24.3 Å². The number of rotatable bonds is 4. The second kappa shape index (κ2) is 5.61. The van der Waals surface area contributed by atoms with Crippen molar-refractivity contribution in [1.29, 1.82) is 0 Å². The Morgan fingerprint density at radius 3 is 2.26 bits per heavy atom. The lowest BCUT2D eigenvalue weighted by Crippen LogP contribution is -2.47. The molecule has 0 aromatic heterocycles. The maximum absolute atomic E-state index is 6.03. The van der Waals surface area contributed by atoms with Gasteiger partial charge in [-0.3, -0.25) is 4.90 Å². The van der Waals surface area contributed by atoms with Crippen LogP contribution in [0.2, 0.25) is 0 Å². The molecule has 3 heteroatoms. The summed E-state index contributed by atoms with van der Waals surface area (Å²) in [7, 11) is 2.19. The summed E-state index contributed by atoms with van der Waals surface area (Å²) in [5.41, 5.74) is 8.92. The third kappa shape index (κ3) is 2.99. The van der Waals surface area contributed by atoms with Crippen molar-refractivity contribution in [3.8, 4) is 0 Å². The molecule has 1 saturated carbocycles. The zero-order chi connectivity index (χ0) is 13.2. The van der Waals surface area contributed by atoms with E-state index >= 15 is 0 Å². The van der Waals surface area contributed by atoms with E-state index in [0.29, 0.717) is 12.6 Å². The van der Waals surface area contributed by atoms with Crippen LogP contribution < -0.4 is 5.73 Å². The van der Waals surface area contributed by atoms with Crippen molar-refractivity contribution < 1.29 is 0 Å². The third-order valence-electron chi connectivity index (χ3n) is 4.57. The molecule has 0 spiro atoms. The number of likely N-dealkylation sites (N-methyl/N-ethyl adjacent to an activating group) is 1. The summed E-state index contributed by atoms with van der Waals surface area (Å²) in [5, 5.41) is 0. The number of nitrogens with two attached hydrogens (primary N) is 1. The second-order valence-electron chi connectivity index (χ2n) is 6.03. The first-order valence-corrected chi connectivity index (χ1v) is 7.50. The average molecular weight is 259 g/mol. The Bertz CT molecular complexity index is 403. The van der Waals surface area contributed by atoms with E-state index in [2.05, 4.69) is 41.1 Å². The van der Waals surface area contributed by atoms with Crippen LogP contribution in [-0.2, 0) is 0 Å². The van der Waals surface area contributed by atoms with Gasteiger partial charge in [0, 0.05) is 38.8 Å². The van der Waals surface area contributed by atoms with Crippen LogP contribution >= 0.6 is 0 Å². The lowest BCUT2D eigenvalue weighted by atomic mass is 10.0. The van der Waals surface area contributed by atoms with Crippen molar-refractivity contribution in [2.24, 2.45) is 5.73 Å². The minimum atomic E-state index is 0.391. The molecule has 1 heterocycles. The smallest absolute Gasteiger partial charge is 0.0471 e. The maximum atomic E-state index is 6.03. The van der Waals surface area contributed by atoms with E-state index in [1.807, 2.05) is 0 Å². The highest BCUT2D eigenvalue weighted by molar-refractivity contribution is 5.30. The number of hydrogen-bond donors (Lipinski definition) is 1. The van der Waals surface area contributed by atoms with Crippen LogP contribution in [0.5, 0.6) is 0 Å². The molecule has 2 fully saturated rings. The second-order valence-corrected chi connectivity index (χ2v) is 6.03. The standard InChI is InChI=1S/C16H25N3/c1-18-8-10-19(11-9-18)16(12-17)15-6-4-14(5-7-15)13-2-3-13/h4-7,13,16H,2-3,8-12,17H2,1H3. The molecule has 1 aromatic rings. The Labute approximate surface area is 116 Å². The topological polar surface area (TPSA) is 32.5 Å². The molecule has 1 saturated heterocycles. The molecule has 1 aliphatic heterocycles. The summed E-state index contributed by atoms with van der Waals surface area (Å²) in [6.45, 7) is 5.27. The highest BCUT2D eigenvalue weighted by Crippen LogP contribution is 2.40. The quantitative estimate of drug-likeness (QED) is 0.895. The van der Waals surface area contributed by atoms with Crippen LogP contribution in [-0.4, -0.2) is 49.6 Å². The highest BCUT2D eigenvalue weighted by Gasteiger charge is 2.25. The summed E-state index contributed by atoms with van der Waals surface area (Å²) in [4.78, 5) is 4.92. The lowest BCUT2D eigenvalue weighted by Gasteiger charge is -2.37. The van der Waals surface area contributed by atoms with Crippen molar-refractivity contribution in [1.82, 2.24) is 9.80 Å². The molecule has 3 rings (SSSR count). The van der Waals surface area contributed by atoms with Crippen molar-refractivity contribution in [3.05, 3.63) is 35.4 Å². The third-order valence-corrected chi connectivity index (χ3v) is 4.57. The van der Waals surface area contributed by atoms with Gasteiger partial charge in [0.2, 0.25) is 0 Å². The van der Waals surface area contributed by atoms with Crippen LogP contribution in [0.4, 0.5) is 0 Å². The van der Waals surface area contributed by atoms with Gasteiger partial charge in [0.05, 0.1) is 0 Å². The summed E-state index contributed by atoms with van der Waals surface area (Å²) >= 11 is 0. The molecule has 2 N–H and O–H groups in total. The number of nitrogens with zero attached hydrogens (tertiary/aromatic N) is 2. The molecule has 19 heavy (non-hydrogen) atoms. The molecule has 0 amide bonds. The first kappa shape index (κ1) is 13.1. The molecule has 1 unspecified atom stereocenters. The molecule has 104 valence electrons. The van der Waals surface area contributed by atoms with E-state index in [4.69, 9.17) is 5.73 Å². The van der Waals surface area contributed by atoms with E-state index in [1.165, 1.54) is 24.0 Å². The van der Waals surface area contributed by atoms with E-state index in [0.717, 1.165) is 32.1 Å². The highest BCUT2D eigenvalue weighted by atomic mass is 15.3. The molecule has 2 aliphatic rings. The SMILES string of the molecule is CN1CCN(C(CN)c2ccc(C3CC3)cc2)CC1. The Morgan fingerprint density at radius 1 is 1.11 bits per heavy atom. The van der Waals surface area contributed by atoms with E-state index in [-0.39, 0.29) is 0 Å². The molecule has 1 aliphatic carbocycles. The monoisotopic (exact) mass is 259 g/mol. The van der Waals surface area contributed by atoms with Gasteiger partial charge in [0.25, 0.3) is 0 Å². The summed E-state index contributed by atoms with van der Waals surface area (Å²) in [6, 6.07) is 9.60. The molecular weight excluding hydrogens is 234 g/mol. The Hall–Kier alpha value is -0.900. The van der Waals surface area contributed by atoms with Gasteiger partial charge in [-0.2, -0.15) is 0 Å². The van der Waals surface area contributed by atoms with E-state index in [9.17, 15) is 0 Å². The molecule has 0 radical (unpaired) electrons. The largest absolute Gasteiger partial charge is 0.329 e. The van der Waals surface area contributed by atoms with Gasteiger partial charge < -0.3 is 10.6 Å². The minimum absolute atomic E-state index is 0.391. The van der Waals surface area contributed by atoms with Gasteiger partial charge in [0.15, 0.2) is 0 Å². The molecule has 1 aromatic carbocycles. The normalized spacial score (nSPS) is 23.5. The van der Waals surface area contributed by atoms with Gasteiger partial charge in [-0.15, -0.1) is 0 Å². The Balaban J connectivity index is 1.70. The van der Waals surface area contributed by atoms with Crippen molar-refractivity contribution in [3.63, 3.8) is 0 Å². The van der Waals surface area contributed by atoms with Crippen molar-refractivity contribution in [2.45, 2.75) is 24.8 Å². The summed E-state index contributed by atoms with van der Waals surface area (Å²) in [6.07, 6.45) is 2.75. The molecule has 3 nitrogen and oxygen atoms in total. The predicted octanol–water partition coefficient (Wildman–Crippen LogP) is 1.81. The fourth-order valence-electron chi connectivity index (χ4n) is 3.04. The molecule has 1 atom stereocenters. The zero-order valence-corrected chi connectivity index (χ0v) is 11.9. The minimum Gasteiger partial charge on any atom is -0.329 e. The number of benzene rings is 1. The van der Waals surface area contributed by atoms with Crippen LogP contribution in [0, 0.1) is 0 Å². The Kier molecular flexibility index (Phi) is 3.87. The average Bonchev–Trinajstić information content (AvgIpc) is 3.27. The van der Waals surface area contributed by atoms with E-state index in [1.54, 1.807) is 0 Å². The fourth-order valence-corrected chi connectivity index (χ4v) is 3.04. The van der Waals surface area contributed by atoms with Crippen LogP contribution in [0.15, 0.2) is 24.3 Å². The first-order chi connectivity index (χ1) is 9.28. The molecule has 0 bridgehead atoms. The van der Waals surface area contributed by atoms with Crippen LogP contribution in [0.1, 0.15) is 35.9 Å². The van der Waals surface area contributed by atoms with Gasteiger partial charge in [-0.05, 0) is 36.9 Å². The van der Waals surface area contributed by atoms with Crippen LogP contribution in [0.3, 0.4) is 0 Å². The molecular formula is C16H25N3. The van der Waals surface area contributed by atoms with Crippen molar-refractivity contribution >= 4 is 0 Å². The van der Waals surface area contributed by atoms with Crippen LogP contribution in [0.25, 0.3) is 0 Å². The summed E-state index contributed by atoms with van der Waals surface area (Å²) in [5.74, 6) is 0.842. The van der Waals surface area contributed by atoms with Gasteiger partial charge in [0.1, 0.15) is 0 Å².